The van der Waals surface area contributed by atoms with Crippen LogP contribution >= 0.6 is 12.4 Å². The molecule has 0 unspecified atom stereocenters. The van der Waals surface area contributed by atoms with Crippen LogP contribution in [0.5, 0.6) is 0 Å². The highest BCUT2D eigenvalue weighted by molar-refractivity contribution is 6.00. The van der Waals surface area contributed by atoms with Crippen LogP contribution in [-0.2, 0) is 0 Å². The maximum Gasteiger partial charge on any atom is 0.124 e. The molecule has 0 bridgehead atoms. The molecule has 5 heteroatoms. The lowest BCUT2D eigenvalue weighted by Crippen LogP contribution is -2.22. The second kappa shape index (κ2) is 7.09. The summed E-state index contributed by atoms with van der Waals surface area (Å²) in [7, 11) is 4.05. The third-order valence-corrected chi connectivity index (χ3v) is 2.09. The predicted molar refractivity (Wildman–Crippen MR) is 71.7 cm³/mol. The number of likely N-dealkylation sites (N-methyl/N-ethyl adjacent to an activating group) is 1. The van der Waals surface area contributed by atoms with Crippen molar-refractivity contribution in [2.24, 2.45) is 5.73 Å². The van der Waals surface area contributed by atoms with Crippen LogP contribution in [0.1, 0.15) is 5.56 Å². The van der Waals surface area contributed by atoms with E-state index >= 15 is 0 Å². The molecular weight excluding hydrogens is 224 g/mol. The topological polar surface area (TPSA) is 65.1 Å². The summed E-state index contributed by atoms with van der Waals surface area (Å²) in [6, 6.07) is 7.60. The fourth-order valence-electron chi connectivity index (χ4n) is 1.29. The van der Waals surface area contributed by atoms with Crippen LogP contribution in [0.2, 0.25) is 0 Å². The lowest BCUT2D eigenvalue weighted by molar-refractivity contribution is 0.425. The Hall–Kier alpha value is -1.26. The maximum atomic E-state index is 7.42. The van der Waals surface area contributed by atoms with Crippen LogP contribution in [0.3, 0.4) is 0 Å². The van der Waals surface area contributed by atoms with Crippen molar-refractivity contribution in [3.63, 3.8) is 0 Å². The van der Waals surface area contributed by atoms with Gasteiger partial charge in [0.2, 0.25) is 0 Å². The molecule has 90 valence electrons. The number of rotatable bonds is 5. The third-order valence-electron chi connectivity index (χ3n) is 2.09. The van der Waals surface area contributed by atoms with Gasteiger partial charge in [0.05, 0.1) is 0 Å². The van der Waals surface area contributed by atoms with Crippen molar-refractivity contribution in [2.75, 3.05) is 32.5 Å². The van der Waals surface area contributed by atoms with E-state index in [0.29, 0.717) is 0 Å². The summed E-state index contributed by atoms with van der Waals surface area (Å²) in [6.07, 6.45) is 0. The molecular formula is C11H19ClN4. The number of hydrogen-bond donors (Lipinski definition) is 3. The SMILES string of the molecule is CN(C)CCNc1ccccc1C(=N)N.Cl. The quantitative estimate of drug-likeness (QED) is 0.540. The second-order valence-corrected chi connectivity index (χ2v) is 3.69. The monoisotopic (exact) mass is 242 g/mol. The summed E-state index contributed by atoms with van der Waals surface area (Å²) < 4.78 is 0. The summed E-state index contributed by atoms with van der Waals surface area (Å²) in [5.74, 6) is 0.1000. The highest BCUT2D eigenvalue weighted by Crippen LogP contribution is 2.13. The van der Waals surface area contributed by atoms with E-state index in [0.717, 1.165) is 24.3 Å². The average molecular weight is 243 g/mol. The van der Waals surface area contributed by atoms with E-state index in [1.807, 2.05) is 38.4 Å². The fourth-order valence-corrected chi connectivity index (χ4v) is 1.29. The number of nitrogen functional groups attached to an aromatic ring is 1. The predicted octanol–water partition coefficient (Wildman–Crippen LogP) is 1.37. The molecule has 16 heavy (non-hydrogen) atoms. The molecule has 0 radical (unpaired) electrons. The minimum atomic E-state index is 0. The van der Waals surface area contributed by atoms with Crippen LogP contribution in [0.4, 0.5) is 5.69 Å². The number of amidine groups is 1. The molecule has 1 aromatic rings. The Balaban J connectivity index is 0.00000225. The van der Waals surface area contributed by atoms with Gasteiger partial charge in [0, 0.05) is 24.3 Å². The first-order chi connectivity index (χ1) is 7.11. The molecule has 4 N–H and O–H groups in total. The van der Waals surface area contributed by atoms with Crippen molar-refractivity contribution in [2.45, 2.75) is 0 Å². The minimum absolute atomic E-state index is 0. The molecule has 1 aromatic carbocycles. The van der Waals surface area contributed by atoms with E-state index in [-0.39, 0.29) is 18.2 Å². The van der Waals surface area contributed by atoms with Gasteiger partial charge in [-0.15, -0.1) is 12.4 Å². The fraction of sp³-hybridized carbons (Fsp3) is 0.364. The first kappa shape index (κ1) is 14.7. The van der Waals surface area contributed by atoms with Gasteiger partial charge < -0.3 is 16.0 Å². The van der Waals surface area contributed by atoms with E-state index in [2.05, 4.69) is 10.2 Å². The third kappa shape index (κ3) is 4.51. The molecule has 0 amide bonds. The van der Waals surface area contributed by atoms with Gasteiger partial charge in [-0.25, -0.2) is 0 Å². The Morgan fingerprint density at radius 2 is 2.00 bits per heavy atom. The maximum absolute atomic E-state index is 7.42. The smallest absolute Gasteiger partial charge is 0.124 e. The molecule has 0 saturated carbocycles. The Bertz CT molecular complexity index is 339. The molecule has 0 aliphatic carbocycles. The zero-order chi connectivity index (χ0) is 11.3. The van der Waals surface area contributed by atoms with Crippen molar-refractivity contribution in [3.05, 3.63) is 29.8 Å². The molecule has 0 fully saturated rings. The van der Waals surface area contributed by atoms with Crippen molar-refractivity contribution >= 4 is 23.9 Å². The van der Waals surface area contributed by atoms with Crippen molar-refractivity contribution in [1.82, 2.24) is 4.90 Å². The van der Waals surface area contributed by atoms with Crippen molar-refractivity contribution < 1.29 is 0 Å². The van der Waals surface area contributed by atoms with E-state index in [1.54, 1.807) is 0 Å². The molecule has 0 aliphatic rings. The Labute approximate surface area is 103 Å². The lowest BCUT2D eigenvalue weighted by atomic mass is 10.1. The van der Waals surface area contributed by atoms with Crippen molar-refractivity contribution in [1.29, 1.82) is 5.41 Å². The van der Waals surface area contributed by atoms with Gasteiger partial charge in [-0.05, 0) is 26.2 Å². The number of nitrogens with one attached hydrogen (secondary N) is 2. The lowest BCUT2D eigenvalue weighted by Gasteiger charge is -2.13. The van der Waals surface area contributed by atoms with Gasteiger partial charge in [-0.3, -0.25) is 5.41 Å². The molecule has 0 spiro atoms. The van der Waals surface area contributed by atoms with Gasteiger partial charge in [0.1, 0.15) is 5.84 Å². The number of benzene rings is 1. The van der Waals surface area contributed by atoms with E-state index in [1.165, 1.54) is 0 Å². The van der Waals surface area contributed by atoms with Crippen molar-refractivity contribution in [3.8, 4) is 0 Å². The van der Waals surface area contributed by atoms with Crippen LogP contribution < -0.4 is 11.1 Å². The first-order valence-corrected chi connectivity index (χ1v) is 4.93. The highest BCUT2D eigenvalue weighted by atomic mass is 35.5. The molecule has 0 heterocycles. The molecule has 1 rings (SSSR count). The number of nitrogens with zero attached hydrogens (tertiary/aromatic N) is 1. The first-order valence-electron chi connectivity index (χ1n) is 4.93. The van der Waals surface area contributed by atoms with Gasteiger partial charge in [-0.2, -0.15) is 0 Å². The summed E-state index contributed by atoms with van der Waals surface area (Å²) >= 11 is 0. The molecule has 0 aliphatic heterocycles. The Morgan fingerprint density at radius 3 is 2.56 bits per heavy atom. The van der Waals surface area contributed by atoms with Crippen LogP contribution in [0.15, 0.2) is 24.3 Å². The summed E-state index contributed by atoms with van der Waals surface area (Å²) in [4.78, 5) is 2.10. The number of nitrogens with two attached hydrogens (primary N) is 1. The number of para-hydroxylation sites is 1. The van der Waals surface area contributed by atoms with Crippen LogP contribution in [0, 0.1) is 5.41 Å². The average Bonchev–Trinajstić information content (AvgIpc) is 2.17. The Kier molecular flexibility index (Phi) is 6.53. The molecule has 0 atom stereocenters. The van der Waals surface area contributed by atoms with Crippen LogP contribution in [-0.4, -0.2) is 37.9 Å². The van der Waals surface area contributed by atoms with E-state index < -0.39 is 0 Å². The summed E-state index contributed by atoms with van der Waals surface area (Å²) in [5, 5.41) is 10.7. The van der Waals surface area contributed by atoms with Gasteiger partial charge in [-0.1, -0.05) is 12.1 Å². The summed E-state index contributed by atoms with van der Waals surface area (Å²) in [6.45, 7) is 1.80. The number of hydrogen-bond acceptors (Lipinski definition) is 3. The van der Waals surface area contributed by atoms with Gasteiger partial charge in [0.25, 0.3) is 0 Å². The largest absolute Gasteiger partial charge is 0.384 e. The molecule has 0 saturated heterocycles. The van der Waals surface area contributed by atoms with E-state index in [9.17, 15) is 0 Å². The number of anilines is 1. The van der Waals surface area contributed by atoms with Gasteiger partial charge >= 0.3 is 0 Å². The van der Waals surface area contributed by atoms with Gasteiger partial charge in [0.15, 0.2) is 0 Å². The molecule has 4 nitrogen and oxygen atoms in total. The second-order valence-electron chi connectivity index (χ2n) is 3.69. The van der Waals surface area contributed by atoms with E-state index in [4.69, 9.17) is 11.1 Å². The highest BCUT2D eigenvalue weighted by Gasteiger charge is 2.02. The summed E-state index contributed by atoms with van der Waals surface area (Å²) in [5.41, 5.74) is 7.16. The number of halogens is 1. The standard InChI is InChI=1S/C11H18N4.ClH/c1-15(2)8-7-14-10-6-4-3-5-9(10)11(12)13;/h3-6,14H,7-8H2,1-2H3,(H3,12,13);1H. The zero-order valence-electron chi connectivity index (χ0n) is 9.66. The molecule has 0 aromatic heterocycles. The normalized spacial score (nSPS) is 9.69. The Morgan fingerprint density at radius 1 is 1.38 bits per heavy atom. The zero-order valence-corrected chi connectivity index (χ0v) is 10.5. The minimum Gasteiger partial charge on any atom is -0.384 e. The van der Waals surface area contributed by atoms with Crippen LogP contribution in [0.25, 0.3) is 0 Å².